The Morgan fingerprint density at radius 1 is 1.03 bits per heavy atom. The van der Waals surface area contributed by atoms with Crippen molar-refractivity contribution >= 4 is 5.57 Å². The molecule has 0 aromatic heterocycles. The average molecular weight is 457 g/mol. The number of allylic oxidation sites excluding steroid dienone is 1. The van der Waals surface area contributed by atoms with Gasteiger partial charge >= 0.3 is 6.18 Å². The van der Waals surface area contributed by atoms with E-state index in [0.29, 0.717) is 16.7 Å². The van der Waals surface area contributed by atoms with Crippen molar-refractivity contribution in [3.63, 3.8) is 0 Å². The van der Waals surface area contributed by atoms with Crippen LogP contribution < -0.4 is 0 Å². The van der Waals surface area contributed by atoms with Crippen LogP contribution in [0.2, 0.25) is 0 Å². The van der Waals surface area contributed by atoms with Crippen molar-refractivity contribution in [1.29, 1.82) is 0 Å². The molecule has 2 N–H and O–H groups in total. The van der Waals surface area contributed by atoms with Crippen molar-refractivity contribution in [2.75, 3.05) is 0 Å². The number of aromatic hydroxyl groups is 1. The van der Waals surface area contributed by atoms with E-state index in [1.54, 1.807) is 25.1 Å². The van der Waals surface area contributed by atoms with Gasteiger partial charge in [0.1, 0.15) is 5.75 Å². The minimum Gasteiger partial charge on any atom is -0.508 e. The predicted molar refractivity (Wildman–Crippen MR) is 123 cm³/mol. The third-order valence-electron chi connectivity index (χ3n) is 8.31. The Bertz CT molecular complexity index is 1030. The zero-order chi connectivity index (χ0) is 23.4. The van der Waals surface area contributed by atoms with Crippen LogP contribution in [0.3, 0.4) is 0 Å². The molecule has 4 aliphatic carbocycles. The van der Waals surface area contributed by atoms with Gasteiger partial charge in [0.25, 0.3) is 0 Å². The second kappa shape index (κ2) is 8.19. The Balaban J connectivity index is 1.31. The first-order chi connectivity index (χ1) is 15.6. The highest BCUT2D eigenvalue weighted by molar-refractivity contribution is 5.64. The fourth-order valence-corrected chi connectivity index (χ4v) is 7.13. The van der Waals surface area contributed by atoms with Gasteiger partial charge in [0.15, 0.2) is 0 Å². The van der Waals surface area contributed by atoms with Crippen LogP contribution in [-0.4, -0.2) is 10.2 Å². The van der Waals surface area contributed by atoms with Crippen LogP contribution in [0, 0.1) is 17.8 Å². The SMILES string of the molecule is C/C(=C\CC(O)c1ccc(C23CC4CC(CC(C4)C2)C3)c(O)c1)c1cccc(C(F)(F)F)c1. The van der Waals surface area contributed by atoms with E-state index in [4.69, 9.17) is 0 Å². The summed E-state index contributed by atoms with van der Waals surface area (Å²) in [6.45, 7) is 1.75. The fourth-order valence-electron chi connectivity index (χ4n) is 7.13. The molecule has 33 heavy (non-hydrogen) atoms. The van der Waals surface area contributed by atoms with E-state index in [9.17, 15) is 23.4 Å². The van der Waals surface area contributed by atoms with Gasteiger partial charge in [-0.3, -0.25) is 0 Å². The molecule has 4 saturated carbocycles. The van der Waals surface area contributed by atoms with E-state index in [0.717, 1.165) is 54.7 Å². The molecule has 4 fully saturated rings. The Labute approximate surface area is 193 Å². The molecule has 0 spiro atoms. The van der Waals surface area contributed by atoms with Crippen LogP contribution in [0.25, 0.3) is 5.57 Å². The van der Waals surface area contributed by atoms with Gasteiger partial charge in [-0.2, -0.15) is 13.2 Å². The standard InChI is InChI=1S/C28H31F3O2/c1-17(21-3-2-4-23(12-21)28(29,30)31)5-8-25(32)22-6-7-24(26(33)13-22)27-14-18-9-19(15-27)11-20(10-18)16-27/h2-7,12-13,18-20,25,32-33H,8-11,14-16H2,1H3/b17-5+. The number of phenols is 1. The second-order valence-corrected chi connectivity index (χ2v) is 10.7. The maximum atomic E-state index is 13.0. The molecule has 0 aliphatic heterocycles. The number of rotatable bonds is 5. The zero-order valence-electron chi connectivity index (χ0n) is 18.9. The van der Waals surface area contributed by atoms with Gasteiger partial charge in [0.05, 0.1) is 11.7 Å². The van der Waals surface area contributed by atoms with Crippen molar-refractivity contribution < 1.29 is 23.4 Å². The molecule has 0 heterocycles. The summed E-state index contributed by atoms with van der Waals surface area (Å²) in [5.41, 5.74) is 2.23. The molecule has 2 nitrogen and oxygen atoms in total. The highest BCUT2D eigenvalue weighted by Crippen LogP contribution is 2.61. The Hall–Kier alpha value is -2.27. The number of aliphatic hydroxyl groups is 1. The summed E-state index contributed by atoms with van der Waals surface area (Å²) in [6.07, 6.45) is 4.31. The predicted octanol–water partition coefficient (Wildman–Crippen LogP) is 7.41. The van der Waals surface area contributed by atoms with E-state index in [1.165, 1.54) is 25.3 Å². The van der Waals surface area contributed by atoms with E-state index in [1.807, 2.05) is 12.1 Å². The molecular weight excluding hydrogens is 425 g/mol. The van der Waals surface area contributed by atoms with E-state index in [2.05, 4.69) is 0 Å². The molecule has 176 valence electrons. The zero-order valence-corrected chi connectivity index (χ0v) is 18.9. The van der Waals surface area contributed by atoms with Crippen LogP contribution >= 0.6 is 0 Å². The second-order valence-electron chi connectivity index (χ2n) is 10.7. The third kappa shape index (κ3) is 4.32. The van der Waals surface area contributed by atoms with E-state index in [-0.39, 0.29) is 17.6 Å². The number of halogens is 3. The van der Waals surface area contributed by atoms with Gasteiger partial charge in [-0.25, -0.2) is 0 Å². The van der Waals surface area contributed by atoms with Crippen LogP contribution in [0.5, 0.6) is 5.75 Å². The van der Waals surface area contributed by atoms with Crippen molar-refractivity contribution in [1.82, 2.24) is 0 Å². The smallest absolute Gasteiger partial charge is 0.416 e. The van der Waals surface area contributed by atoms with Crippen molar-refractivity contribution in [3.05, 3.63) is 70.8 Å². The fraction of sp³-hybridized carbons (Fsp3) is 0.500. The number of hydrogen-bond acceptors (Lipinski definition) is 2. The normalized spacial score (nSPS) is 30.0. The summed E-state index contributed by atoms with van der Waals surface area (Å²) < 4.78 is 39.0. The first-order valence-corrected chi connectivity index (χ1v) is 12.0. The monoisotopic (exact) mass is 456 g/mol. The largest absolute Gasteiger partial charge is 0.508 e. The average Bonchev–Trinajstić information content (AvgIpc) is 2.75. The molecule has 0 amide bonds. The molecule has 1 unspecified atom stereocenters. The topological polar surface area (TPSA) is 40.5 Å². The summed E-state index contributed by atoms with van der Waals surface area (Å²) >= 11 is 0. The van der Waals surface area contributed by atoms with Crippen LogP contribution in [-0.2, 0) is 11.6 Å². The molecule has 1 atom stereocenters. The van der Waals surface area contributed by atoms with Crippen LogP contribution in [0.1, 0.15) is 80.2 Å². The molecule has 5 heteroatoms. The molecule has 4 aliphatic rings. The Morgan fingerprint density at radius 3 is 2.24 bits per heavy atom. The van der Waals surface area contributed by atoms with Gasteiger partial charge in [-0.05, 0) is 110 Å². The maximum Gasteiger partial charge on any atom is 0.416 e. The van der Waals surface area contributed by atoms with Crippen molar-refractivity contribution in [3.8, 4) is 5.75 Å². The number of alkyl halides is 3. The van der Waals surface area contributed by atoms with Gasteiger partial charge in [-0.15, -0.1) is 0 Å². The summed E-state index contributed by atoms with van der Waals surface area (Å²) in [5.74, 6) is 2.62. The van der Waals surface area contributed by atoms with Crippen LogP contribution in [0.15, 0.2) is 48.5 Å². The Morgan fingerprint density at radius 2 is 1.67 bits per heavy atom. The number of phenolic OH excluding ortho intramolecular Hbond substituents is 1. The third-order valence-corrected chi connectivity index (χ3v) is 8.31. The highest BCUT2D eigenvalue weighted by atomic mass is 19.4. The number of hydrogen-bond donors (Lipinski definition) is 2. The number of aliphatic hydroxyl groups excluding tert-OH is 1. The molecular formula is C28H31F3O2. The lowest BCUT2D eigenvalue weighted by Crippen LogP contribution is -2.48. The maximum absolute atomic E-state index is 13.0. The summed E-state index contributed by atoms with van der Waals surface area (Å²) in [6, 6.07) is 10.8. The molecule has 0 saturated heterocycles. The highest BCUT2D eigenvalue weighted by Gasteiger charge is 2.52. The Kier molecular flexibility index (Phi) is 5.59. The molecule has 6 rings (SSSR count). The lowest BCUT2D eigenvalue weighted by atomic mass is 9.48. The van der Waals surface area contributed by atoms with Gasteiger partial charge < -0.3 is 10.2 Å². The lowest BCUT2D eigenvalue weighted by molar-refractivity contribution is -0.137. The molecule has 2 aromatic carbocycles. The minimum absolute atomic E-state index is 0.0856. The van der Waals surface area contributed by atoms with Crippen molar-refractivity contribution in [2.45, 2.75) is 69.6 Å². The van der Waals surface area contributed by atoms with E-state index < -0.39 is 17.8 Å². The van der Waals surface area contributed by atoms with Crippen molar-refractivity contribution in [2.24, 2.45) is 17.8 Å². The van der Waals surface area contributed by atoms with Gasteiger partial charge in [0.2, 0.25) is 0 Å². The summed E-state index contributed by atoms with van der Waals surface area (Å²) in [5, 5.41) is 21.6. The van der Waals surface area contributed by atoms with Gasteiger partial charge in [-0.1, -0.05) is 30.3 Å². The van der Waals surface area contributed by atoms with E-state index >= 15 is 0 Å². The molecule has 0 radical (unpaired) electrons. The molecule has 4 bridgehead atoms. The quantitative estimate of drug-likeness (QED) is 0.492. The molecule has 2 aromatic rings. The number of benzene rings is 2. The first kappa shape index (κ1) is 22.5. The summed E-state index contributed by atoms with van der Waals surface area (Å²) in [7, 11) is 0. The summed E-state index contributed by atoms with van der Waals surface area (Å²) in [4.78, 5) is 0. The van der Waals surface area contributed by atoms with Crippen LogP contribution in [0.4, 0.5) is 13.2 Å². The minimum atomic E-state index is -4.38. The lowest BCUT2D eigenvalue weighted by Gasteiger charge is -2.57. The first-order valence-electron chi connectivity index (χ1n) is 12.0. The van der Waals surface area contributed by atoms with Gasteiger partial charge in [0, 0.05) is 5.56 Å².